The number of nitrogens with one attached hydrogen (secondary N) is 1. The number of carboxylic acid groups (broad SMARTS) is 2. The number of H-pyrrole nitrogens is 1. The fourth-order valence-corrected chi connectivity index (χ4v) is 3.17. The first-order valence-corrected chi connectivity index (χ1v) is 9.39. The number of carbonyl (C=O) groups is 2. The lowest BCUT2D eigenvalue weighted by Crippen LogP contribution is -2.24. The molecule has 0 saturated heterocycles. The van der Waals surface area contributed by atoms with Crippen LogP contribution in [-0.2, 0) is 0 Å². The van der Waals surface area contributed by atoms with Gasteiger partial charge in [-0.05, 0) is 37.5 Å². The Morgan fingerprint density at radius 1 is 1.17 bits per heavy atom. The molecule has 29 heavy (non-hydrogen) atoms. The average molecular weight is 464 g/mol. The van der Waals surface area contributed by atoms with Gasteiger partial charge in [-0.1, -0.05) is 15.9 Å². The Morgan fingerprint density at radius 2 is 1.86 bits per heavy atom. The molecule has 0 saturated carbocycles. The zero-order chi connectivity index (χ0) is 21.6. The van der Waals surface area contributed by atoms with E-state index in [9.17, 15) is 24.6 Å². The highest BCUT2D eigenvalue weighted by Gasteiger charge is 2.28. The molecule has 0 fully saturated rings. The number of pyridine rings is 1. The minimum Gasteiger partial charge on any atom is -0.493 e. The zero-order valence-electron chi connectivity index (χ0n) is 15.2. The molecule has 1 aromatic carbocycles. The standard InChI is InChI=1S/C19H18BrN3O6/c20-10-5-6-12(29-8-4-2-1-3-7-21)11(9-10)13-14(18(25)26)16(22)23-17(24)15(13)19(27)28/h5-6,9H,1-4,8H2,(H,25,26)(H,27,28)(H3,22,23,24). The molecule has 1 heterocycles. The van der Waals surface area contributed by atoms with Crippen LogP contribution in [0.5, 0.6) is 5.75 Å². The predicted octanol–water partition coefficient (Wildman–Crippen LogP) is 3.25. The van der Waals surface area contributed by atoms with E-state index < -0.39 is 34.4 Å². The van der Waals surface area contributed by atoms with Gasteiger partial charge in [-0.2, -0.15) is 5.26 Å². The van der Waals surface area contributed by atoms with Crippen LogP contribution in [0.15, 0.2) is 27.5 Å². The number of halogens is 1. The van der Waals surface area contributed by atoms with Crippen LogP contribution in [0.2, 0.25) is 0 Å². The quantitative estimate of drug-likeness (QED) is 0.410. The Hall–Kier alpha value is -3.32. The number of benzene rings is 1. The van der Waals surface area contributed by atoms with Crippen LogP contribution in [0.25, 0.3) is 11.1 Å². The Labute approximate surface area is 173 Å². The van der Waals surface area contributed by atoms with Gasteiger partial charge in [0.1, 0.15) is 22.7 Å². The van der Waals surface area contributed by atoms with Crippen molar-refractivity contribution in [2.75, 3.05) is 12.3 Å². The molecule has 0 spiro atoms. The van der Waals surface area contributed by atoms with Crippen molar-refractivity contribution in [3.8, 4) is 22.9 Å². The molecule has 152 valence electrons. The highest BCUT2D eigenvalue weighted by atomic mass is 79.9. The number of ether oxygens (including phenoxy) is 1. The second-order valence-electron chi connectivity index (χ2n) is 6.06. The molecule has 0 unspecified atom stereocenters. The average Bonchev–Trinajstić information content (AvgIpc) is 2.64. The van der Waals surface area contributed by atoms with E-state index in [0.717, 1.165) is 12.8 Å². The van der Waals surface area contributed by atoms with Crippen molar-refractivity contribution in [2.45, 2.75) is 25.7 Å². The summed E-state index contributed by atoms with van der Waals surface area (Å²) in [6, 6.07) is 6.72. The molecule has 0 bridgehead atoms. The van der Waals surface area contributed by atoms with Crippen molar-refractivity contribution in [1.82, 2.24) is 4.98 Å². The second-order valence-corrected chi connectivity index (χ2v) is 6.98. The van der Waals surface area contributed by atoms with Crippen LogP contribution in [0.3, 0.4) is 0 Å². The predicted molar refractivity (Wildman–Crippen MR) is 108 cm³/mol. The lowest BCUT2D eigenvalue weighted by Gasteiger charge is -2.16. The smallest absolute Gasteiger partial charge is 0.342 e. The number of hydrogen-bond donors (Lipinski definition) is 4. The number of nitrogens with zero attached hydrogens (tertiary/aromatic N) is 1. The molecular formula is C19H18BrN3O6. The van der Waals surface area contributed by atoms with Crippen molar-refractivity contribution in [1.29, 1.82) is 5.26 Å². The van der Waals surface area contributed by atoms with Gasteiger partial charge >= 0.3 is 11.9 Å². The topological polar surface area (TPSA) is 166 Å². The molecule has 10 heteroatoms. The minimum absolute atomic E-state index is 0.115. The van der Waals surface area contributed by atoms with Crippen LogP contribution in [0.4, 0.5) is 5.82 Å². The molecule has 5 N–H and O–H groups in total. The largest absolute Gasteiger partial charge is 0.493 e. The number of nitriles is 1. The summed E-state index contributed by atoms with van der Waals surface area (Å²) >= 11 is 3.27. The first-order chi connectivity index (χ1) is 13.8. The van der Waals surface area contributed by atoms with Crippen LogP contribution in [0, 0.1) is 11.3 Å². The van der Waals surface area contributed by atoms with Crippen molar-refractivity contribution >= 4 is 33.7 Å². The van der Waals surface area contributed by atoms with Gasteiger partial charge in [-0.15, -0.1) is 0 Å². The van der Waals surface area contributed by atoms with E-state index >= 15 is 0 Å². The molecule has 0 amide bonds. The number of aromatic amines is 1. The van der Waals surface area contributed by atoms with E-state index in [2.05, 4.69) is 27.0 Å². The Kier molecular flexibility index (Phi) is 7.39. The summed E-state index contributed by atoms with van der Waals surface area (Å²) in [6.07, 6.45) is 2.58. The molecule has 0 atom stereocenters. The summed E-state index contributed by atoms with van der Waals surface area (Å²) in [4.78, 5) is 37.8. The van der Waals surface area contributed by atoms with Gasteiger partial charge in [-0.3, -0.25) is 4.79 Å². The fourth-order valence-electron chi connectivity index (χ4n) is 2.80. The Balaban J connectivity index is 2.58. The first kappa shape index (κ1) is 22.0. The summed E-state index contributed by atoms with van der Waals surface area (Å²) in [7, 11) is 0. The lowest BCUT2D eigenvalue weighted by molar-refractivity contribution is 0.0695. The molecule has 2 rings (SSSR count). The van der Waals surface area contributed by atoms with Gasteiger partial charge in [0.2, 0.25) is 0 Å². The first-order valence-electron chi connectivity index (χ1n) is 8.60. The summed E-state index contributed by atoms with van der Waals surface area (Å²) in [6.45, 7) is 0.267. The zero-order valence-corrected chi connectivity index (χ0v) is 16.8. The summed E-state index contributed by atoms with van der Waals surface area (Å²) < 4.78 is 6.26. The Morgan fingerprint density at radius 3 is 2.48 bits per heavy atom. The van der Waals surface area contributed by atoms with E-state index in [4.69, 9.17) is 15.7 Å². The highest BCUT2D eigenvalue weighted by molar-refractivity contribution is 9.10. The minimum atomic E-state index is -1.59. The number of anilines is 1. The number of rotatable bonds is 9. The molecule has 0 aliphatic heterocycles. The molecule has 0 radical (unpaired) electrons. The van der Waals surface area contributed by atoms with E-state index in [0.29, 0.717) is 17.3 Å². The van der Waals surface area contributed by atoms with Gasteiger partial charge in [-0.25, -0.2) is 9.59 Å². The van der Waals surface area contributed by atoms with Crippen molar-refractivity contribution in [3.63, 3.8) is 0 Å². The number of unbranched alkanes of at least 4 members (excludes halogenated alkanes) is 3. The van der Waals surface area contributed by atoms with Crippen molar-refractivity contribution in [2.24, 2.45) is 0 Å². The van der Waals surface area contributed by atoms with Gasteiger partial charge < -0.3 is 25.7 Å². The monoisotopic (exact) mass is 463 g/mol. The highest BCUT2D eigenvalue weighted by Crippen LogP contribution is 2.37. The second kappa shape index (κ2) is 9.75. The molecule has 9 nitrogen and oxygen atoms in total. The number of nitrogen functional groups attached to an aromatic ring is 1. The molecule has 0 aliphatic rings. The van der Waals surface area contributed by atoms with E-state index in [1.165, 1.54) is 6.07 Å². The number of hydrogen-bond acceptors (Lipinski definition) is 6. The van der Waals surface area contributed by atoms with Crippen molar-refractivity contribution < 1.29 is 24.5 Å². The number of carboxylic acids is 2. The SMILES string of the molecule is N#CCCCCCOc1ccc(Br)cc1-c1c(C(=O)O)c(N)[nH]c(=O)c1C(=O)O. The summed E-state index contributed by atoms with van der Waals surface area (Å²) in [5, 5.41) is 27.7. The third-order valence-corrected chi connectivity index (χ3v) is 4.57. The fraction of sp³-hybridized carbons (Fsp3) is 0.263. The maximum atomic E-state index is 12.2. The van der Waals surface area contributed by atoms with Crippen LogP contribution in [-0.4, -0.2) is 33.7 Å². The third kappa shape index (κ3) is 5.14. The number of nitrogens with two attached hydrogens (primary N) is 1. The molecule has 1 aromatic heterocycles. The van der Waals surface area contributed by atoms with E-state index in [1.54, 1.807) is 12.1 Å². The lowest BCUT2D eigenvalue weighted by atomic mass is 9.94. The van der Waals surface area contributed by atoms with Gasteiger partial charge in [0.05, 0.1) is 12.7 Å². The van der Waals surface area contributed by atoms with Crippen LogP contribution < -0.4 is 16.0 Å². The molecular weight excluding hydrogens is 446 g/mol. The molecule has 0 aliphatic carbocycles. The van der Waals surface area contributed by atoms with E-state index in [-0.39, 0.29) is 23.5 Å². The van der Waals surface area contributed by atoms with Gasteiger partial charge in [0.15, 0.2) is 0 Å². The maximum Gasteiger partial charge on any atom is 0.342 e. The summed E-state index contributed by atoms with van der Waals surface area (Å²) in [5.74, 6) is -3.32. The number of aromatic carboxylic acids is 2. The Bertz CT molecular complexity index is 1040. The maximum absolute atomic E-state index is 12.2. The summed E-state index contributed by atoms with van der Waals surface area (Å²) in [5.41, 5.74) is 3.18. The third-order valence-electron chi connectivity index (χ3n) is 4.07. The number of aromatic nitrogens is 1. The molecule has 2 aromatic rings. The van der Waals surface area contributed by atoms with E-state index in [1.807, 2.05) is 0 Å². The van der Waals surface area contributed by atoms with Crippen molar-refractivity contribution in [3.05, 3.63) is 44.2 Å². The van der Waals surface area contributed by atoms with Crippen LogP contribution >= 0.6 is 15.9 Å². The van der Waals surface area contributed by atoms with Crippen LogP contribution in [0.1, 0.15) is 46.4 Å². The normalized spacial score (nSPS) is 10.3. The van der Waals surface area contributed by atoms with Gasteiger partial charge in [0, 0.05) is 22.0 Å². The van der Waals surface area contributed by atoms with Gasteiger partial charge in [0.25, 0.3) is 5.56 Å².